The van der Waals surface area contributed by atoms with Crippen LogP contribution < -0.4 is 5.11 Å². The Bertz CT molecular complexity index is 496. The third kappa shape index (κ3) is 3.82. The first-order valence-electron chi connectivity index (χ1n) is 6.48. The fraction of sp³-hybridized carbons (Fsp3) is 0.353. The highest BCUT2D eigenvalue weighted by Crippen LogP contribution is 2.32. The number of hydrogen-bond acceptors (Lipinski definition) is 2. The lowest BCUT2D eigenvalue weighted by atomic mass is 9.76. The monoisotopic (exact) mass is 257 g/mol. The Hall–Kier alpha value is -1.83. The van der Waals surface area contributed by atoms with Crippen LogP contribution in [0.25, 0.3) is 0 Å². The fourth-order valence-electron chi connectivity index (χ4n) is 2.17. The molecule has 0 aliphatic carbocycles. The van der Waals surface area contributed by atoms with Crippen molar-refractivity contribution in [2.75, 3.05) is 0 Å². The number of carbonyl (C=O) groups excluding carboxylic acids is 1. The molecule has 0 amide bonds. The summed E-state index contributed by atoms with van der Waals surface area (Å²) in [4.78, 5) is 11.2. The minimum atomic E-state index is -1.13. The SMILES string of the molecule is C=CC(C)(CCC=C(C)C)c1ccccc1C(=O)[O-]. The summed E-state index contributed by atoms with van der Waals surface area (Å²) >= 11 is 0. The molecule has 0 aliphatic heterocycles. The summed E-state index contributed by atoms with van der Waals surface area (Å²) in [6.07, 6.45) is 5.70. The lowest BCUT2D eigenvalue weighted by molar-refractivity contribution is -0.255. The van der Waals surface area contributed by atoms with Gasteiger partial charge >= 0.3 is 0 Å². The van der Waals surface area contributed by atoms with Crippen LogP contribution in [0.1, 0.15) is 49.5 Å². The number of carboxylic acids is 1. The van der Waals surface area contributed by atoms with Gasteiger partial charge in [0.1, 0.15) is 0 Å². The predicted octanol–water partition coefficient (Wildman–Crippen LogP) is 3.24. The molecule has 2 nitrogen and oxygen atoms in total. The number of hydrogen-bond donors (Lipinski definition) is 0. The van der Waals surface area contributed by atoms with E-state index in [9.17, 15) is 9.90 Å². The Kier molecular flexibility index (Phi) is 5.11. The second-order valence-electron chi connectivity index (χ2n) is 5.27. The number of aromatic carboxylic acids is 1. The van der Waals surface area contributed by atoms with Gasteiger partial charge in [0.2, 0.25) is 0 Å². The van der Waals surface area contributed by atoms with Gasteiger partial charge in [-0.15, -0.1) is 6.58 Å². The third-order valence-corrected chi connectivity index (χ3v) is 3.43. The van der Waals surface area contributed by atoms with Gasteiger partial charge < -0.3 is 9.90 Å². The molecule has 1 aromatic carbocycles. The Balaban J connectivity index is 3.11. The molecule has 0 spiro atoms. The van der Waals surface area contributed by atoms with Crippen molar-refractivity contribution in [1.29, 1.82) is 0 Å². The molecule has 1 atom stereocenters. The molecule has 1 aromatic rings. The molecule has 0 saturated heterocycles. The molecule has 0 N–H and O–H groups in total. The van der Waals surface area contributed by atoms with E-state index < -0.39 is 5.97 Å². The highest BCUT2D eigenvalue weighted by atomic mass is 16.4. The van der Waals surface area contributed by atoms with Gasteiger partial charge in [-0.1, -0.05) is 48.9 Å². The van der Waals surface area contributed by atoms with Crippen molar-refractivity contribution in [3.8, 4) is 0 Å². The fourth-order valence-corrected chi connectivity index (χ4v) is 2.17. The second kappa shape index (κ2) is 6.37. The van der Waals surface area contributed by atoms with Crippen molar-refractivity contribution in [2.45, 2.75) is 39.0 Å². The first-order valence-corrected chi connectivity index (χ1v) is 6.48. The quantitative estimate of drug-likeness (QED) is 0.734. The van der Waals surface area contributed by atoms with Crippen LogP contribution in [0, 0.1) is 0 Å². The predicted molar refractivity (Wildman–Crippen MR) is 77.0 cm³/mol. The summed E-state index contributed by atoms with van der Waals surface area (Å²) in [7, 11) is 0. The highest BCUT2D eigenvalue weighted by molar-refractivity contribution is 5.88. The number of carboxylic acid groups (broad SMARTS) is 1. The maximum Gasteiger partial charge on any atom is 0.0718 e. The average molecular weight is 257 g/mol. The zero-order valence-electron chi connectivity index (χ0n) is 11.9. The van der Waals surface area contributed by atoms with Gasteiger partial charge in [-0.25, -0.2) is 0 Å². The van der Waals surface area contributed by atoms with Crippen LogP contribution in [-0.4, -0.2) is 5.97 Å². The van der Waals surface area contributed by atoms with Gasteiger partial charge in [-0.05, 0) is 32.3 Å². The molecule has 0 bridgehead atoms. The van der Waals surface area contributed by atoms with Crippen LogP contribution in [0.15, 0.2) is 48.6 Å². The van der Waals surface area contributed by atoms with Crippen molar-refractivity contribution < 1.29 is 9.90 Å². The molecule has 102 valence electrons. The summed E-state index contributed by atoms with van der Waals surface area (Å²) in [5.41, 5.74) is 1.93. The van der Waals surface area contributed by atoms with Crippen LogP contribution >= 0.6 is 0 Å². The van der Waals surface area contributed by atoms with Crippen LogP contribution in [0.2, 0.25) is 0 Å². The smallest absolute Gasteiger partial charge is 0.0718 e. The molecule has 0 radical (unpaired) electrons. The van der Waals surface area contributed by atoms with Crippen LogP contribution in [0.4, 0.5) is 0 Å². The maximum atomic E-state index is 11.2. The zero-order valence-corrected chi connectivity index (χ0v) is 11.9. The lowest BCUT2D eigenvalue weighted by Crippen LogP contribution is -2.29. The number of rotatable bonds is 6. The number of benzene rings is 1. The summed E-state index contributed by atoms with van der Waals surface area (Å²) in [6, 6.07) is 7.00. The minimum absolute atomic E-state index is 0.252. The van der Waals surface area contributed by atoms with Crippen molar-refractivity contribution in [3.05, 3.63) is 59.7 Å². The van der Waals surface area contributed by atoms with Gasteiger partial charge in [-0.3, -0.25) is 0 Å². The first kappa shape index (κ1) is 15.2. The molecule has 0 heterocycles. The molecule has 0 saturated carbocycles. The average Bonchev–Trinajstić information content (AvgIpc) is 2.38. The minimum Gasteiger partial charge on any atom is -0.545 e. The van der Waals surface area contributed by atoms with Crippen molar-refractivity contribution in [2.24, 2.45) is 0 Å². The lowest BCUT2D eigenvalue weighted by Gasteiger charge is -2.29. The Morgan fingerprint density at radius 2 is 2.00 bits per heavy atom. The summed E-state index contributed by atoms with van der Waals surface area (Å²) in [5.74, 6) is -1.13. The Morgan fingerprint density at radius 1 is 1.37 bits per heavy atom. The van der Waals surface area contributed by atoms with Crippen LogP contribution in [-0.2, 0) is 5.41 Å². The second-order valence-corrected chi connectivity index (χ2v) is 5.27. The molecule has 0 aromatic heterocycles. The largest absolute Gasteiger partial charge is 0.545 e. The Morgan fingerprint density at radius 3 is 2.53 bits per heavy atom. The standard InChI is InChI=1S/C17H22O2/c1-5-17(4,12-8-9-13(2)3)15-11-7-6-10-14(15)16(18)19/h5-7,9-11H,1,8,12H2,2-4H3,(H,18,19)/p-1. The van der Waals surface area contributed by atoms with E-state index in [1.807, 2.05) is 25.1 Å². The van der Waals surface area contributed by atoms with Crippen LogP contribution in [0.3, 0.4) is 0 Å². The van der Waals surface area contributed by atoms with Gasteiger partial charge in [0.05, 0.1) is 5.97 Å². The van der Waals surface area contributed by atoms with E-state index in [-0.39, 0.29) is 11.0 Å². The van der Waals surface area contributed by atoms with E-state index in [0.29, 0.717) is 0 Å². The molecule has 2 heteroatoms. The van der Waals surface area contributed by atoms with E-state index in [2.05, 4.69) is 26.5 Å². The van der Waals surface area contributed by atoms with Crippen molar-refractivity contribution >= 4 is 5.97 Å². The van der Waals surface area contributed by atoms with Gasteiger partial charge in [0.15, 0.2) is 0 Å². The van der Waals surface area contributed by atoms with E-state index in [1.54, 1.807) is 12.1 Å². The van der Waals surface area contributed by atoms with E-state index in [1.165, 1.54) is 5.57 Å². The van der Waals surface area contributed by atoms with Gasteiger partial charge in [-0.2, -0.15) is 0 Å². The highest BCUT2D eigenvalue weighted by Gasteiger charge is 2.24. The molecule has 0 aliphatic rings. The van der Waals surface area contributed by atoms with Crippen LogP contribution in [0.5, 0.6) is 0 Å². The van der Waals surface area contributed by atoms with Crippen molar-refractivity contribution in [3.63, 3.8) is 0 Å². The molecule has 19 heavy (non-hydrogen) atoms. The summed E-state index contributed by atoms with van der Waals surface area (Å²) in [5, 5.41) is 11.2. The zero-order chi connectivity index (χ0) is 14.5. The van der Waals surface area contributed by atoms with Crippen molar-refractivity contribution in [1.82, 2.24) is 0 Å². The molecule has 1 rings (SSSR count). The molecule has 1 unspecified atom stereocenters. The Labute approximate surface area is 115 Å². The molecule has 0 fully saturated rings. The summed E-state index contributed by atoms with van der Waals surface area (Å²) < 4.78 is 0. The van der Waals surface area contributed by atoms with E-state index in [4.69, 9.17) is 0 Å². The maximum absolute atomic E-state index is 11.2. The molecular weight excluding hydrogens is 236 g/mol. The van der Waals surface area contributed by atoms with Gasteiger partial charge in [0.25, 0.3) is 0 Å². The number of allylic oxidation sites excluding steroid dienone is 3. The molecular formula is C17H21O2-. The number of carbonyl (C=O) groups is 1. The van der Waals surface area contributed by atoms with E-state index >= 15 is 0 Å². The van der Waals surface area contributed by atoms with E-state index in [0.717, 1.165) is 18.4 Å². The topological polar surface area (TPSA) is 40.1 Å². The summed E-state index contributed by atoms with van der Waals surface area (Å²) in [6.45, 7) is 10.00. The third-order valence-electron chi connectivity index (χ3n) is 3.43. The normalized spacial score (nSPS) is 13.4. The van der Waals surface area contributed by atoms with Gasteiger partial charge in [0, 0.05) is 11.0 Å². The first-order chi connectivity index (χ1) is 8.90.